The quantitative estimate of drug-likeness (QED) is 0.785. The monoisotopic (exact) mass is 282 g/mol. The lowest BCUT2D eigenvalue weighted by Gasteiger charge is -2.26. The molecule has 0 bridgehead atoms. The third-order valence-electron chi connectivity index (χ3n) is 3.28. The number of hydrogen-bond acceptors (Lipinski definition) is 6. The minimum Gasteiger partial charge on any atom is -0.494 e. The number of nitrogens with two attached hydrogens (primary N) is 1. The van der Waals surface area contributed by atoms with Gasteiger partial charge >= 0.3 is 0 Å². The van der Waals surface area contributed by atoms with Crippen molar-refractivity contribution in [3.63, 3.8) is 0 Å². The van der Waals surface area contributed by atoms with Crippen LogP contribution < -0.4 is 19.9 Å². The molecule has 0 atom stereocenters. The first-order valence-electron chi connectivity index (χ1n) is 6.69. The van der Waals surface area contributed by atoms with Crippen molar-refractivity contribution >= 4 is 5.69 Å². The largest absolute Gasteiger partial charge is 0.494 e. The van der Waals surface area contributed by atoms with E-state index >= 15 is 0 Å². The van der Waals surface area contributed by atoms with Crippen molar-refractivity contribution in [2.24, 2.45) is 0 Å². The molecule has 2 rings (SSSR count). The summed E-state index contributed by atoms with van der Waals surface area (Å²) in [6.45, 7) is 4.93. The summed E-state index contributed by atoms with van der Waals surface area (Å²) in [6.07, 6.45) is 0. The molecule has 1 saturated heterocycles. The fourth-order valence-electron chi connectivity index (χ4n) is 2.12. The normalized spacial score (nSPS) is 15.9. The summed E-state index contributed by atoms with van der Waals surface area (Å²) < 4.78 is 21.5. The first-order chi connectivity index (χ1) is 9.74. The zero-order valence-corrected chi connectivity index (χ0v) is 12.1. The van der Waals surface area contributed by atoms with E-state index in [1.807, 2.05) is 0 Å². The zero-order chi connectivity index (χ0) is 14.4. The van der Waals surface area contributed by atoms with Crippen LogP contribution in [0, 0.1) is 0 Å². The number of methoxy groups -OCH3 is 2. The highest BCUT2D eigenvalue weighted by atomic mass is 16.5. The van der Waals surface area contributed by atoms with E-state index in [9.17, 15) is 0 Å². The highest BCUT2D eigenvalue weighted by Crippen LogP contribution is 2.36. The second-order valence-electron chi connectivity index (χ2n) is 4.55. The van der Waals surface area contributed by atoms with E-state index in [4.69, 9.17) is 24.7 Å². The fourth-order valence-corrected chi connectivity index (χ4v) is 2.12. The van der Waals surface area contributed by atoms with Gasteiger partial charge in [-0.3, -0.25) is 4.90 Å². The number of benzene rings is 1. The van der Waals surface area contributed by atoms with Gasteiger partial charge in [0.15, 0.2) is 11.5 Å². The number of rotatable bonds is 6. The van der Waals surface area contributed by atoms with Crippen LogP contribution in [0.25, 0.3) is 0 Å². The molecule has 112 valence electrons. The molecular formula is C14H22N2O4. The molecule has 1 aliphatic rings. The molecule has 0 unspecified atom stereocenters. The Kier molecular flexibility index (Phi) is 5.31. The Labute approximate surface area is 119 Å². The molecule has 1 aliphatic heterocycles. The second kappa shape index (κ2) is 7.21. The minimum absolute atomic E-state index is 0.537. The van der Waals surface area contributed by atoms with E-state index in [-0.39, 0.29) is 0 Å². The lowest BCUT2D eigenvalue weighted by molar-refractivity contribution is 0.0321. The summed E-state index contributed by atoms with van der Waals surface area (Å²) in [5, 5.41) is 0. The fraction of sp³-hybridized carbons (Fsp3) is 0.571. The Morgan fingerprint density at radius 2 is 1.80 bits per heavy atom. The molecule has 2 N–H and O–H groups in total. The lowest BCUT2D eigenvalue weighted by Crippen LogP contribution is -2.38. The van der Waals surface area contributed by atoms with Gasteiger partial charge in [0.1, 0.15) is 12.4 Å². The van der Waals surface area contributed by atoms with E-state index in [0.29, 0.717) is 29.5 Å². The van der Waals surface area contributed by atoms with Crippen molar-refractivity contribution < 1.29 is 18.9 Å². The number of nitrogen functional groups attached to an aromatic ring is 1. The molecule has 0 radical (unpaired) electrons. The van der Waals surface area contributed by atoms with Crippen molar-refractivity contribution in [3.8, 4) is 17.2 Å². The zero-order valence-electron chi connectivity index (χ0n) is 12.1. The SMILES string of the molecule is COc1cc(OC)c(OCCN2CCOCC2)cc1N. The summed E-state index contributed by atoms with van der Waals surface area (Å²) in [5.74, 6) is 1.85. The molecule has 0 aromatic heterocycles. The number of nitrogens with zero attached hydrogens (tertiary/aromatic N) is 1. The van der Waals surface area contributed by atoms with Gasteiger partial charge in [0.2, 0.25) is 0 Å². The lowest BCUT2D eigenvalue weighted by atomic mass is 10.2. The average Bonchev–Trinajstić information content (AvgIpc) is 2.48. The third kappa shape index (κ3) is 3.68. The van der Waals surface area contributed by atoms with Gasteiger partial charge in [-0.25, -0.2) is 0 Å². The van der Waals surface area contributed by atoms with Gasteiger partial charge in [-0.2, -0.15) is 0 Å². The second-order valence-corrected chi connectivity index (χ2v) is 4.55. The van der Waals surface area contributed by atoms with Crippen molar-refractivity contribution in [1.29, 1.82) is 0 Å². The summed E-state index contributed by atoms with van der Waals surface area (Å²) in [7, 11) is 3.17. The van der Waals surface area contributed by atoms with E-state index in [1.165, 1.54) is 0 Å². The Bertz CT molecular complexity index is 433. The number of ether oxygens (including phenoxy) is 4. The standard InChI is InChI=1S/C14H22N2O4/c1-17-12-10-13(18-2)14(9-11(12)15)20-8-5-16-3-6-19-7-4-16/h9-10H,3-8,15H2,1-2H3. The van der Waals surface area contributed by atoms with Crippen LogP contribution in [0.2, 0.25) is 0 Å². The van der Waals surface area contributed by atoms with Crippen LogP contribution in [0.1, 0.15) is 0 Å². The van der Waals surface area contributed by atoms with Gasteiger partial charge in [-0.05, 0) is 0 Å². The van der Waals surface area contributed by atoms with Crippen molar-refractivity contribution in [1.82, 2.24) is 4.90 Å². The van der Waals surface area contributed by atoms with E-state index in [2.05, 4.69) is 4.90 Å². The van der Waals surface area contributed by atoms with Crippen LogP contribution in [0.15, 0.2) is 12.1 Å². The maximum Gasteiger partial charge on any atom is 0.164 e. The van der Waals surface area contributed by atoms with Crippen LogP contribution in [0.3, 0.4) is 0 Å². The van der Waals surface area contributed by atoms with Gasteiger partial charge < -0.3 is 24.7 Å². The molecule has 1 aromatic carbocycles. The summed E-state index contributed by atoms with van der Waals surface area (Å²) in [4.78, 5) is 2.31. The van der Waals surface area contributed by atoms with Crippen LogP contribution in [0.4, 0.5) is 5.69 Å². The van der Waals surface area contributed by atoms with Gasteiger partial charge in [0, 0.05) is 31.8 Å². The summed E-state index contributed by atoms with van der Waals surface area (Å²) in [6, 6.07) is 3.47. The predicted molar refractivity (Wildman–Crippen MR) is 76.7 cm³/mol. The highest BCUT2D eigenvalue weighted by Gasteiger charge is 2.13. The van der Waals surface area contributed by atoms with Crippen molar-refractivity contribution in [2.75, 3.05) is 59.4 Å². The first-order valence-corrected chi connectivity index (χ1v) is 6.69. The molecule has 1 aromatic rings. The van der Waals surface area contributed by atoms with Crippen LogP contribution in [-0.4, -0.2) is 58.6 Å². The topological polar surface area (TPSA) is 66.2 Å². The number of morpholine rings is 1. The van der Waals surface area contributed by atoms with Crippen molar-refractivity contribution in [2.45, 2.75) is 0 Å². The smallest absolute Gasteiger partial charge is 0.164 e. The number of anilines is 1. The molecule has 0 spiro atoms. The van der Waals surface area contributed by atoms with Gasteiger partial charge in [-0.15, -0.1) is 0 Å². The molecule has 0 saturated carbocycles. The summed E-state index contributed by atoms with van der Waals surface area (Å²) >= 11 is 0. The van der Waals surface area contributed by atoms with Gasteiger partial charge in [-0.1, -0.05) is 0 Å². The van der Waals surface area contributed by atoms with E-state index in [1.54, 1.807) is 26.4 Å². The molecule has 6 nitrogen and oxygen atoms in total. The van der Waals surface area contributed by atoms with E-state index in [0.717, 1.165) is 32.8 Å². The molecule has 1 fully saturated rings. The van der Waals surface area contributed by atoms with Crippen LogP contribution >= 0.6 is 0 Å². The minimum atomic E-state index is 0.537. The predicted octanol–water partition coefficient (Wildman–Crippen LogP) is 0.997. The molecular weight excluding hydrogens is 260 g/mol. The van der Waals surface area contributed by atoms with Gasteiger partial charge in [0.25, 0.3) is 0 Å². The van der Waals surface area contributed by atoms with Crippen LogP contribution in [-0.2, 0) is 4.74 Å². The van der Waals surface area contributed by atoms with Gasteiger partial charge in [0.05, 0.1) is 33.1 Å². The highest BCUT2D eigenvalue weighted by molar-refractivity contribution is 5.61. The molecule has 6 heteroatoms. The maximum absolute atomic E-state index is 5.88. The Morgan fingerprint density at radius 3 is 2.45 bits per heavy atom. The third-order valence-corrected chi connectivity index (χ3v) is 3.28. The maximum atomic E-state index is 5.88. The first kappa shape index (κ1) is 14.7. The molecule has 20 heavy (non-hydrogen) atoms. The Morgan fingerprint density at radius 1 is 1.10 bits per heavy atom. The Balaban J connectivity index is 1.92. The van der Waals surface area contributed by atoms with Crippen LogP contribution in [0.5, 0.6) is 17.2 Å². The molecule has 0 amide bonds. The molecule has 0 aliphatic carbocycles. The number of hydrogen-bond donors (Lipinski definition) is 1. The summed E-state index contributed by atoms with van der Waals surface area (Å²) in [5.41, 5.74) is 6.42. The molecule has 1 heterocycles. The van der Waals surface area contributed by atoms with E-state index < -0.39 is 0 Å². The average molecular weight is 282 g/mol. The van der Waals surface area contributed by atoms with Crippen molar-refractivity contribution in [3.05, 3.63) is 12.1 Å². The Hall–Kier alpha value is -1.66.